The van der Waals surface area contributed by atoms with E-state index in [1.54, 1.807) is 4.90 Å². The molecule has 3 heterocycles. The van der Waals surface area contributed by atoms with E-state index < -0.39 is 47.5 Å². The van der Waals surface area contributed by atoms with Crippen LogP contribution in [0.5, 0.6) is 0 Å². The normalized spacial score (nSPS) is 18.9. The summed E-state index contributed by atoms with van der Waals surface area (Å²) in [5.41, 5.74) is -3.99. The standard InChI is InChI=1S/C25H30F5N5O3S/c1-13-5-4-8-35(13)22(37)17-18(39-21(34-17)20(36)33-11-23(2,3)38)15-10-31-16(9-14(15)19(26)27)32-12-24(6-7-24)25(28,29)30/h9-10,13,19,38H,4-8,11-12H2,1-3H3,(H,31,32)(H,33,36). The molecule has 2 fully saturated rings. The number of anilines is 1. The van der Waals surface area contributed by atoms with E-state index in [1.165, 1.54) is 13.8 Å². The van der Waals surface area contributed by atoms with E-state index in [1.807, 2.05) is 6.92 Å². The van der Waals surface area contributed by atoms with Gasteiger partial charge in [0.05, 0.1) is 15.9 Å². The van der Waals surface area contributed by atoms with Crippen molar-refractivity contribution in [3.8, 4) is 10.4 Å². The minimum absolute atomic E-state index is 0.0100. The van der Waals surface area contributed by atoms with Crippen LogP contribution in [-0.4, -0.2) is 69.2 Å². The van der Waals surface area contributed by atoms with E-state index in [9.17, 15) is 36.6 Å². The summed E-state index contributed by atoms with van der Waals surface area (Å²) in [7, 11) is 0. The highest BCUT2D eigenvalue weighted by Gasteiger charge is 2.62. The highest BCUT2D eigenvalue weighted by atomic mass is 32.1. The highest BCUT2D eigenvalue weighted by Crippen LogP contribution is 2.57. The second-order valence-electron chi connectivity index (χ2n) is 10.8. The molecule has 3 N–H and O–H groups in total. The van der Waals surface area contributed by atoms with Crippen molar-refractivity contribution in [2.75, 3.05) is 25.0 Å². The van der Waals surface area contributed by atoms with Crippen LogP contribution >= 0.6 is 11.3 Å². The predicted octanol–water partition coefficient (Wildman–Crippen LogP) is 5.02. The number of carbonyl (C=O) groups is 2. The molecule has 0 spiro atoms. The van der Waals surface area contributed by atoms with E-state index in [0.717, 1.165) is 36.4 Å². The maximum Gasteiger partial charge on any atom is 0.396 e. The lowest BCUT2D eigenvalue weighted by Crippen LogP contribution is -2.38. The van der Waals surface area contributed by atoms with Gasteiger partial charge in [-0.3, -0.25) is 9.59 Å². The largest absolute Gasteiger partial charge is 0.396 e. The fourth-order valence-electron chi connectivity index (χ4n) is 4.40. The van der Waals surface area contributed by atoms with Crippen molar-refractivity contribution in [1.29, 1.82) is 0 Å². The molecule has 0 bridgehead atoms. The van der Waals surface area contributed by atoms with Crippen molar-refractivity contribution in [3.63, 3.8) is 0 Å². The van der Waals surface area contributed by atoms with E-state index in [2.05, 4.69) is 20.6 Å². The molecule has 214 valence electrons. The Balaban J connectivity index is 1.70. The number of alkyl halides is 5. The minimum Gasteiger partial charge on any atom is -0.389 e. The quantitative estimate of drug-likeness (QED) is 0.363. The number of likely N-dealkylation sites (tertiary alicyclic amines) is 1. The number of hydrogen-bond donors (Lipinski definition) is 3. The summed E-state index contributed by atoms with van der Waals surface area (Å²) in [4.78, 5) is 36.1. The summed E-state index contributed by atoms with van der Waals surface area (Å²) in [5, 5.41) is 14.8. The molecule has 1 unspecified atom stereocenters. The monoisotopic (exact) mass is 575 g/mol. The molecule has 8 nitrogen and oxygen atoms in total. The van der Waals surface area contributed by atoms with Gasteiger partial charge in [-0.1, -0.05) is 0 Å². The third-order valence-electron chi connectivity index (χ3n) is 7.00. The average Bonchev–Trinajstić information content (AvgIpc) is 3.34. The summed E-state index contributed by atoms with van der Waals surface area (Å²) in [5.74, 6) is -1.36. The van der Waals surface area contributed by atoms with Crippen LogP contribution in [0.1, 0.15) is 78.7 Å². The Bertz CT molecular complexity index is 1240. The number of rotatable bonds is 9. The third-order valence-corrected chi connectivity index (χ3v) is 8.09. The van der Waals surface area contributed by atoms with Crippen LogP contribution < -0.4 is 10.6 Å². The number of hydrogen-bond acceptors (Lipinski definition) is 7. The number of aromatic nitrogens is 2. The summed E-state index contributed by atoms with van der Waals surface area (Å²) >= 11 is 0.733. The van der Waals surface area contributed by atoms with Gasteiger partial charge in [0.1, 0.15) is 11.5 Å². The lowest BCUT2D eigenvalue weighted by Gasteiger charge is -2.21. The van der Waals surface area contributed by atoms with Gasteiger partial charge in [0.2, 0.25) is 0 Å². The van der Waals surface area contributed by atoms with Crippen LogP contribution in [-0.2, 0) is 0 Å². The molecule has 4 rings (SSSR count). The van der Waals surface area contributed by atoms with Gasteiger partial charge in [-0.2, -0.15) is 13.2 Å². The van der Waals surface area contributed by atoms with Crippen LogP contribution in [0.2, 0.25) is 0 Å². The number of nitrogens with one attached hydrogen (secondary N) is 2. The Labute approximate surface area is 226 Å². The number of halogens is 5. The van der Waals surface area contributed by atoms with Gasteiger partial charge in [0, 0.05) is 43.0 Å². The summed E-state index contributed by atoms with van der Waals surface area (Å²) < 4.78 is 68.3. The molecule has 1 saturated carbocycles. The lowest BCUT2D eigenvalue weighted by molar-refractivity contribution is -0.182. The first kappa shape index (κ1) is 29.1. The molecule has 1 atom stereocenters. The SMILES string of the molecule is CC1CCCN1C(=O)c1nc(C(=O)NCC(C)(C)O)sc1-c1cnc(NCC2(C(F)(F)F)CC2)cc1C(F)F. The van der Waals surface area contributed by atoms with Gasteiger partial charge in [0.25, 0.3) is 18.2 Å². The average molecular weight is 576 g/mol. The number of carbonyl (C=O) groups excluding carboxylic acids is 2. The van der Waals surface area contributed by atoms with Gasteiger partial charge in [-0.25, -0.2) is 18.7 Å². The van der Waals surface area contributed by atoms with Crippen LogP contribution in [0.15, 0.2) is 12.3 Å². The minimum atomic E-state index is -4.42. The van der Waals surface area contributed by atoms with E-state index in [4.69, 9.17) is 0 Å². The smallest absolute Gasteiger partial charge is 0.389 e. The Morgan fingerprint density at radius 3 is 2.51 bits per heavy atom. The van der Waals surface area contributed by atoms with Crippen LogP contribution in [0.3, 0.4) is 0 Å². The molecular weight excluding hydrogens is 545 g/mol. The molecule has 2 amide bonds. The molecule has 2 aromatic heterocycles. The zero-order chi connectivity index (χ0) is 28.8. The zero-order valence-corrected chi connectivity index (χ0v) is 22.5. The van der Waals surface area contributed by atoms with Crippen molar-refractivity contribution < 1.29 is 36.6 Å². The van der Waals surface area contributed by atoms with Crippen molar-refractivity contribution in [2.24, 2.45) is 5.41 Å². The van der Waals surface area contributed by atoms with Crippen molar-refractivity contribution in [3.05, 3.63) is 28.5 Å². The fourth-order valence-corrected chi connectivity index (χ4v) is 5.40. The highest BCUT2D eigenvalue weighted by molar-refractivity contribution is 7.17. The second kappa shape index (κ2) is 10.6. The van der Waals surface area contributed by atoms with Gasteiger partial charge in [-0.15, -0.1) is 11.3 Å². The number of aliphatic hydroxyl groups is 1. The molecule has 2 aromatic rings. The molecule has 2 aliphatic rings. The molecule has 1 saturated heterocycles. The molecule has 0 radical (unpaired) electrons. The second-order valence-corrected chi connectivity index (χ2v) is 11.8. The van der Waals surface area contributed by atoms with Crippen molar-refractivity contribution in [1.82, 2.24) is 20.2 Å². The molecule has 0 aromatic carbocycles. The Kier molecular flexibility index (Phi) is 7.92. The molecule has 1 aliphatic heterocycles. The number of nitrogens with zero attached hydrogens (tertiary/aromatic N) is 3. The van der Waals surface area contributed by atoms with Gasteiger partial charge in [-0.05, 0) is 52.5 Å². The van der Waals surface area contributed by atoms with E-state index >= 15 is 0 Å². The number of thiazole rings is 1. The molecule has 14 heteroatoms. The lowest BCUT2D eigenvalue weighted by atomic mass is 10.1. The first-order valence-electron chi connectivity index (χ1n) is 12.5. The van der Waals surface area contributed by atoms with Gasteiger partial charge in [0.15, 0.2) is 5.01 Å². The van der Waals surface area contributed by atoms with Gasteiger partial charge < -0.3 is 20.6 Å². The van der Waals surface area contributed by atoms with E-state index in [-0.39, 0.29) is 52.4 Å². The first-order valence-corrected chi connectivity index (χ1v) is 13.3. The maximum atomic E-state index is 14.2. The van der Waals surface area contributed by atoms with Crippen LogP contribution in [0.25, 0.3) is 10.4 Å². The van der Waals surface area contributed by atoms with Crippen LogP contribution in [0, 0.1) is 5.41 Å². The Morgan fingerprint density at radius 1 is 1.28 bits per heavy atom. The van der Waals surface area contributed by atoms with Crippen molar-refractivity contribution >= 4 is 29.0 Å². The van der Waals surface area contributed by atoms with Gasteiger partial charge >= 0.3 is 6.18 Å². The maximum absolute atomic E-state index is 14.2. The zero-order valence-electron chi connectivity index (χ0n) is 21.7. The summed E-state index contributed by atoms with van der Waals surface area (Å²) in [6.07, 6.45) is -5.00. The summed E-state index contributed by atoms with van der Waals surface area (Å²) in [6, 6.07) is 0.856. The summed E-state index contributed by atoms with van der Waals surface area (Å²) in [6.45, 7) is 4.67. The first-order chi connectivity index (χ1) is 18.1. The Hall–Kier alpha value is -2.87. The number of pyridine rings is 1. The fraction of sp³-hybridized carbons (Fsp3) is 0.600. The molecule has 39 heavy (non-hydrogen) atoms. The van der Waals surface area contributed by atoms with Crippen LogP contribution in [0.4, 0.5) is 27.8 Å². The number of amides is 2. The predicted molar refractivity (Wildman–Crippen MR) is 135 cm³/mol. The molecular formula is C25H30F5N5O3S. The molecule has 1 aliphatic carbocycles. The van der Waals surface area contributed by atoms with Crippen molar-refractivity contribution in [2.45, 2.75) is 70.7 Å². The third kappa shape index (κ3) is 6.32. The van der Waals surface area contributed by atoms with E-state index in [0.29, 0.717) is 6.54 Å². The topological polar surface area (TPSA) is 107 Å². The Morgan fingerprint density at radius 2 is 1.97 bits per heavy atom.